The first kappa shape index (κ1) is 10.6. The highest BCUT2D eigenvalue weighted by Gasteiger charge is 1.94. The fraction of sp³-hybridized carbons (Fsp3) is 0.273. The lowest BCUT2D eigenvalue weighted by atomic mass is 10.1. The lowest BCUT2D eigenvalue weighted by Gasteiger charge is -1.99. The Hall–Kier alpha value is -0.460. The van der Waals surface area contributed by atoms with Gasteiger partial charge in [-0.05, 0) is 36.6 Å². The highest BCUT2D eigenvalue weighted by Crippen LogP contribution is 2.16. The van der Waals surface area contributed by atoms with Gasteiger partial charge in [-0.1, -0.05) is 29.8 Å². The SMILES string of the molecule is Cc1cc(Cl)ccc1C=CCCCl. The van der Waals surface area contributed by atoms with Gasteiger partial charge >= 0.3 is 0 Å². The van der Waals surface area contributed by atoms with Crippen molar-refractivity contribution in [3.63, 3.8) is 0 Å². The molecular formula is C11H12Cl2. The molecule has 0 aromatic heterocycles. The zero-order valence-corrected chi connectivity index (χ0v) is 9.07. The summed E-state index contributed by atoms with van der Waals surface area (Å²) in [6.07, 6.45) is 5.06. The van der Waals surface area contributed by atoms with E-state index in [1.54, 1.807) is 0 Å². The van der Waals surface area contributed by atoms with E-state index in [4.69, 9.17) is 23.2 Å². The van der Waals surface area contributed by atoms with E-state index in [2.05, 4.69) is 12.2 Å². The Balaban J connectivity index is 2.77. The normalized spacial score (nSPS) is 11.0. The van der Waals surface area contributed by atoms with Crippen LogP contribution in [0.3, 0.4) is 0 Å². The van der Waals surface area contributed by atoms with Gasteiger partial charge in [0.25, 0.3) is 0 Å². The molecule has 0 amide bonds. The fourth-order valence-corrected chi connectivity index (χ4v) is 1.45. The van der Waals surface area contributed by atoms with Gasteiger partial charge in [0.05, 0.1) is 0 Å². The molecule has 1 rings (SSSR count). The number of alkyl halides is 1. The predicted octanol–water partition coefficient (Wildman–Crippen LogP) is 4.29. The zero-order valence-electron chi connectivity index (χ0n) is 7.56. The number of hydrogen-bond acceptors (Lipinski definition) is 0. The maximum absolute atomic E-state index is 5.83. The molecule has 13 heavy (non-hydrogen) atoms. The molecule has 0 saturated heterocycles. The smallest absolute Gasteiger partial charge is 0.0409 e. The van der Waals surface area contributed by atoms with Crippen molar-refractivity contribution >= 4 is 29.3 Å². The minimum Gasteiger partial charge on any atom is -0.126 e. The molecule has 0 unspecified atom stereocenters. The number of benzene rings is 1. The van der Waals surface area contributed by atoms with Crippen LogP contribution in [-0.4, -0.2) is 5.88 Å². The molecule has 0 atom stereocenters. The summed E-state index contributed by atoms with van der Waals surface area (Å²) in [7, 11) is 0. The predicted molar refractivity (Wildman–Crippen MR) is 60.6 cm³/mol. The Kier molecular flexibility index (Phi) is 4.34. The first-order chi connectivity index (χ1) is 6.24. The third kappa shape index (κ3) is 3.41. The molecule has 2 heteroatoms. The topological polar surface area (TPSA) is 0 Å². The largest absolute Gasteiger partial charge is 0.126 e. The molecule has 70 valence electrons. The van der Waals surface area contributed by atoms with Crippen molar-refractivity contribution in [3.8, 4) is 0 Å². The molecule has 0 spiro atoms. The van der Waals surface area contributed by atoms with E-state index < -0.39 is 0 Å². The van der Waals surface area contributed by atoms with Crippen LogP contribution >= 0.6 is 23.2 Å². The molecule has 1 aromatic carbocycles. The minimum atomic E-state index is 0.670. The molecule has 0 nitrogen and oxygen atoms in total. The average Bonchev–Trinajstić information content (AvgIpc) is 2.09. The number of rotatable bonds is 3. The maximum Gasteiger partial charge on any atom is 0.0409 e. The summed E-state index contributed by atoms with van der Waals surface area (Å²) in [5.41, 5.74) is 2.40. The monoisotopic (exact) mass is 214 g/mol. The first-order valence-electron chi connectivity index (χ1n) is 4.22. The van der Waals surface area contributed by atoms with Gasteiger partial charge < -0.3 is 0 Å². The highest BCUT2D eigenvalue weighted by atomic mass is 35.5. The number of hydrogen-bond donors (Lipinski definition) is 0. The maximum atomic E-state index is 5.83. The van der Waals surface area contributed by atoms with Crippen LogP contribution in [0, 0.1) is 6.92 Å². The number of aryl methyl sites for hydroxylation is 1. The van der Waals surface area contributed by atoms with Crippen molar-refractivity contribution in [2.45, 2.75) is 13.3 Å². The van der Waals surface area contributed by atoms with E-state index in [1.807, 2.05) is 25.1 Å². The lowest BCUT2D eigenvalue weighted by molar-refractivity contribution is 1.24. The second-order valence-corrected chi connectivity index (χ2v) is 3.70. The van der Waals surface area contributed by atoms with Crippen molar-refractivity contribution in [2.75, 3.05) is 5.88 Å². The van der Waals surface area contributed by atoms with Gasteiger partial charge in [-0.3, -0.25) is 0 Å². The van der Waals surface area contributed by atoms with Crippen LogP contribution in [0.2, 0.25) is 5.02 Å². The quantitative estimate of drug-likeness (QED) is 0.659. The van der Waals surface area contributed by atoms with E-state index in [9.17, 15) is 0 Å². The van der Waals surface area contributed by atoms with Crippen molar-refractivity contribution in [1.82, 2.24) is 0 Å². The molecule has 0 saturated carbocycles. The third-order valence-electron chi connectivity index (χ3n) is 1.81. The van der Waals surface area contributed by atoms with Crippen molar-refractivity contribution in [3.05, 3.63) is 40.4 Å². The van der Waals surface area contributed by atoms with E-state index >= 15 is 0 Å². The number of allylic oxidation sites excluding steroid dienone is 1. The molecule has 0 fully saturated rings. The molecule has 0 aliphatic heterocycles. The van der Waals surface area contributed by atoms with Crippen LogP contribution in [0.5, 0.6) is 0 Å². The van der Waals surface area contributed by atoms with Crippen LogP contribution in [0.1, 0.15) is 17.5 Å². The molecule has 0 heterocycles. The Morgan fingerprint density at radius 2 is 2.15 bits per heavy atom. The van der Waals surface area contributed by atoms with E-state index in [0.717, 1.165) is 11.4 Å². The second kappa shape index (κ2) is 5.31. The number of halogens is 2. The van der Waals surface area contributed by atoms with Gasteiger partial charge in [-0.25, -0.2) is 0 Å². The van der Waals surface area contributed by atoms with Crippen LogP contribution in [-0.2, 0) is 0 Å². The fourth-order valence-electron chi connectivity index (χ4n) is 1.10. The van der Waals surface area contributed by atoms with Gasteiger partial charge in [0, 0.05) is 10.9 Å². The molecule has 0 aliphatic rings. The Labute approximate surface area is 89.2 Å². The van der Waals surface area contributed by atoms with Crippen molar-refractivity contribution < 1.29 is 0 Å². The van der Waals surface area contributed by atoms with Gasteiger partial charge in [0.2, 0.25) is 0 Å². The van der Waals surface area contributed by atoms with E-state index in [-0.39, 0.29) is 0 Å². The van der Waals surface area contributed by atoms with E-state index in [0.29, 0.717) is 5.88 Å². The first-order valence-corrected chi connectivity index (χ1v) is 5.14. The van der Waals surface area contributed by atoms with E-state index in [1.165, 1.54) is 11.1 Å². The summed E-state index contributed by atoms with van der Waals surface area (Å²) >= 11 is 11.4. The van der Waals surface area contributed by atoms with Crippen LogP contribution in [0.15, 0.2) is 24.3 Å². The highest BCUT2D eigenvalue weighted by molar-refractivity contribution is 6.30. The van der Waals surface area contributed by atoms with Crippen molar-refractivity contribution in [2.24, 2.45) is 0 Å². The van der Waals surface area contributed by atoms with Gasteiger partial charge in [-0.2, -0.15) is 0 Å². The van der Waals surface area contributed by atoms with Crippen molar-refractivity contribution in [1.29, 1.82) is 0 Å². The summed E-state index contributed by atoms with van der Waals surface area (Å²) in [4.78, 5) is 0. The molecule has 0 aliphatic carbocycles. The summed E-state index contributed by atoms with van der Waals surface area (Å²) in [6.45, 7) is 2.05. The molecule has 0 N–H and O–H groups in total. The van der Waals surface area contributed by atoms with Crippen LogP contribution in [0.4, 0.5) is 0 Å². The van der Waals surface area contributed by atoms with Crippen LogP contribution in [0.25, 0.3) is 6.08 Å². The Bertz CT molecular complexity index is 303. The van der Waals surface area contributed by atoms with Gasteiger partial charge in [0.1, 0.15) is 0 Å². The van der Waals surface area contributed by atoms with Gasteiger partial charge in [0.15, 0.2) is 0 Å². The standard InChI is InChI=1S/C11H12Cl2/c1-9-8-11(13)6-5-10(9)4-2-3-7-12/h2,4-6,8H,3,7H2,1H3. The summed E-state index contributed by atoms with van der Waals surface area (Å²) in [5.74, 6) is 0.670. The summed E-state index contributed by atoms with van der Waals surface area (Å²) in [6, 6.07) is 5.87. The second-order valence-electron chi connectivity index (χ2n) is 2.88. The lowest BCUT2D eigenvalue weighted by Crippen LogP contribution is -1.79. The zero-order chi connectivity index (χ0) is 9.68. The molecular weight excluding hydrogens is 203 g/mol. The minimum absolute atomic E-state index is 0.670. The average molecular weight is 215 g/mol. The summed E-state index contributed by atoms with van der Waals surface area (Å²) < 4.78 is 0. The Morgan fingerprint density at radius 1 is 1.38 bits per heavy atom. The summed E-state index contributed by atoms with van der Waals surface area (Å²) in [5, 5.41) is 0.784. The van der Waals surface area contributed by atoms with Gasteiger partial charge in [-0.15, -0.1) is 11.6 Å². The molecule has 1 aromatic rings. The van der Waals surface area contributed by atoms with Crippen LogP contribution < -0.4 is 0 Å². The molecule has 0 radical (unpaired) electrons. The molecule has 0 bridgehead atoms. The Morgan fingerprint density at radius 3 is 2.77 bits per heavy atom. The third-order valence-corrected chi connectivity index (χ3v) is 2.26.